The van der Waals surface area contributed by atoms with Gasteiger partial charge in [-0.05, 0) is 46.6 Å². The lowest BCUT2D eigenvalue weighted by atomic mass is 9.95. The third kappa shape index (κ3) is 3.57. The van der Waals surface area contributed by atoms with Gasteiger partial charge >= 0.3 is 0 Å². The summed E-state index contributed by atoms with van der Waals surface area (Å²) < 4.78 is 23.3. The van der Waals surface area contributed by atoms with E-state index in [9.17, 15) is 13.2 Å². The maximum Gasteiger partial charge on any atom is 0.237 e. The highest BCUT2D eigenvalue weighted by molar-refractivity contribution is 7.91. The van der Waals surface area contributed by atoms with Crippen LogP contribution >= 0.6 is 0 Å². The number of nitrogens with zero attached hydrogens (tertiary/aromatic N) is 1. The van der Waals surface area contributed by atoms with Gasteiger partial charge in [0.2, 0.25) is 5.91 Å². The van der Waals surface area contributed by atoms with Gasteiger partial charge in [0.1, 0.15) is 0 Å². The van der Waals surface area contributed by atoms with Gasteiger partial charge in [-0.25, -0.2) is 8.42 Å². The Bertz CT molecular complexity index is 506. The number of nitrogens with two attached hydrogens (primary N) is 1. The van der Waals surface area contributed by atoms with Gasteiger partial charge in [-0.15, -0.1) is 0 Å². The molecule has 7 heteroatoms. The molecule has 3 unspecified atom stereocenters. The van der Waals surface area contributed by atoms with Crippen molar-refractivity contribution < 1.29 is 13.2 Å². The molecule has 2 rings (SSSR count). The number of hydrogen-bond acceptors (Lipinski definition) is 5. The first-order chi connectivity index (χ1) is 9.65. The van der Waals surface area contributed by atoms with Gasteiger partial charge in [0, 0.05) is 18.1 Å². The number of primary amides is 1. The fourth-order valence-corrected chi connectivity index (χ4v) is 5.53. The van der Waals surface area contributed by atoms with Gasteiger partial charge < -0.3 is 11.1 Å². The zero-order valence-corrected chi connectivity index (χ0v) is 13.9. The molecule has 6 nitrogen and oxygen atoms in total. The van der Waals surface area contributed by atoms with E-state index in [4.69, 9.17) is 5.73 Å². The lowest BCUT2D eigenvalue weighted by Gasteiger charge is -2.33. The van der Waals surface area contributed by atoms with Crippen LogP contribution in [0.15, 0.2) is 0 Å². The van der Waals surface area contributed by atoms with Crippen LogP contribution in [0.25, 0.3) is 0 Å². The summed E-state index contributed by atoms with van der Waals surface area (Å²) in [6.07, 6.45) is 2.94. The predicted molar refractivity (Wildman–Crippen MR) is 82.7 cm³/mol. The number of carbonyl (C=O) groups is 1. The van der Waals surface area contributed by atoms with E-state index in [1.165, 1.54) is 0 Å². The number of carbonyl (C=O) groups excluding carboxylic acids is 1. The second kappa shape index (κ2) is 5.85. The molecule has 0 aromatic rings. The van der Waals surface area contributed by atoms with Crippen molar-refractivity contribution in [1.29, 1.82) is 0 Å². The van der Waals surface area contributed by atoms with Gasteiger partial charge in [0.25, 0.3) is 0 Å². The molecule has 122 valence electrons. The Kier molecular flexibility index (Phi) is 4.66. The Hall–Kier alpha value is -0.660. The molecule has 2 aliphatic rings. The van der Waals surface area contributed by atoms with Crippen LogP contribution in [0.1, 0.15) is 39.5 Å². The second-order valence-corrected chi connectivity index (χ2v) is 9.09. The Balaban J connectivity index is 2.05. The third-order valence-corrected chi connectivity index (χ3v) is 6.64. The van der Waals surface area contributed by atoms with Crippen LogP contribution in [-0.2, 0) is 14.6 Å². The van der Waals surface area contributed by atoms with E-state index in [0.717, 1.165) is 12.8 Å². The summed E-state index contributed by atoms with van der Waals surface area (Å²) in [7, 11) is -0.908. The summed E-state index contributed by atoms with van der Waals surface area (Å²) in [5.41, 5.74) is 4.98. The molecule has 3 N–H and O–H groups in total. The average molecular weight is 317 g/mol. The summed E-state index contributed by atoms with van der Waals surface area (Å²) in [4.78, 5) is 14.0. The minimum absolute atomic E-state index is 0.0720. The highest BCUT2D eigenvalue weighted by atomic mass is 32.2. The normalized spacial score (nSPS) is 35.7. The summed E-state index contributed by atoms with van der Waals surface area (Å²) in [6, 6.07) is 0.471. The molecule has 1 aliphatic carbocycles. The molecular weight excluding hydrogens is 290 g/mol. The lowest BCUT2D eigenvalue weighted by molar-refractivity contribution is -0.124. The van der Waals surface area contributed by atoms with Crippen LogP contribution in [-0.4, -0.2) is 61.4 Å². The largest absolute Gasteiger partial charge is 0.368 e. The molecule has 21 heavy (non-hydrogen) atoms. The molecule has 0 radical (unpaired) electrons. The Morgan fingerprint density at radius 2 is 2.00 bits per heavy atom. The summed E-state index contributed by atoms with van der Waals surface area (Å²) in [5.74, 6) is 0.215. The zero-order valence-electron chi connectivity index (χ0n) is 13.1. The average Bonchev–Trinajstić information content (AvgIpc) is 2.92. The van der Waals surface area contributed by atoms with Gasteiger partial charge in [-0.2, -0.15) is 0 Å². The van der Waals surface area contributed by atoms with Crippen LogP contribution < -0.4 is 11.1 Å². The second-order valence-electron chi connectivity index (χ2n) is 6.86. The first kappa shape index (κ1) is 16.7. The SMILES string of the molecule is CC(C)NC1(C(N)=O)CCC(N(C)C2CCS(=O)(=O)C2)C1. The Morgan fingerprint density at radius 3 is 2.48 bits per heavy atom. The highest BCUT2D eigenvalue weighted by Crippen LogP contribution is 2.35. The molecule has 2 fully saturated rings. The minimum atomic E-state index is -2.88. The maximum absolute atomic E-state index is 11.9. The standard InChI is InChI=1S/C14H27N3O3S/c1-10(2)16-14(13(15)18)6-4-11(8-14)17(3)12-5-7-21(19,20)9-12/h10-12,16H,4-9H2,1-3H3,(H2,15,18). The number of amides is 1. The number of nitrogens with one attached hydrogen (secondary N) is 1. The first-order valence-corrected chi connectivity index (χ1v) is 9.47. The van der Waals surface area contributed by atoms with Crippen molar-refractivity contribution >= 4 is 15.7 Å². The fourth-order valence-electron chi connectivity index (χ4n) is 3.74. The molecular formula is C14H27N3O3S. The van der Waals surface area contributed by atoms with Gasteiger partial charge in [-0.1, -0.05) is 0 Å². The van der Waals surface area contributed by atoms with Crippen LogP contribution in [0.4, 0.5) is 0 Å². The van der Waals surface area contributed by atoms with E-state index < -0.39 is 15.4 Å². The van der Waals surface area contributed by atoms with Crippen molar-refractivity contribution in [3.63, 3.8) is 0 Å². The van der Waals surface area contributed by atoms with Crippen LogP contribution in [0, 0.1) is 0 Å². The number of rotatable bonds is 5. The first-order valence-electron chi connectivity index (χ1n) is 7.65. The van der Waals surface area contributed by atoms with Crippen molar-refractivity contribution in [1.82, 2.24) is 10.2 Å². The topological polar surface area (TPSA) is 92.5 Å². The van der Waals surface area contributed by atoms with E-state index in [2.05, 4.69) is 10.2 Å². The minimum Gasteiger partial charge on any atom is -0.368 e. The molecule has 1 heterocycles. The van der Waals surface area contributed by atoms with Crippen molar-refractivity contribution in [2.24, 2.45) is 5.73 Å². The monoisotopic (exact) mass is 317 g/mol. The highest BCUT2D eigenvalue weighted by Gasteiger charge is 2.47. The number of sulfone groups is 1. The van der Waals surface area contributed by atoms with E-state index in [-0.39, 0.29) is 35.5 Å². The fraction of sp³-hybridized carbons (Fsp3) is 0.929. The van der Waals surface area contributed by atoms with Crippen molar-refractivity contribution in [2.75, 3.05) is 18.6 Å². The van der Waals surface area contributed by atoms with Crippen molar-refractivity contribution in [3.05, 3.63) is 0 Å². The Labute approximate surface area is 127 Å². The van der Waals surface area contributed by atoms with E-state index in [1.54, 1.807) is 0 Å². The molecule has 1 saturated heterocycles. The summed E-state index contributed by atoms with van der Waals surface area (Å²) in [6.45, 7) is 4.01. The molecule has 1 aliphatic heterocycles. The zero-order chi connectivity index (χ0) is 15.8. The van der Waals surface area contributed by atoms with Crippen LogP contribution in [0.3, 0.4) is 0 Å². The molecule has 3 atom stereocenters. The number of hydrogen-bond donors (Lipinski definition) is 2. The molecule has 0 aromatic heterocycles. The van der Waals surface area contributed by atoms with E-state index in [1.807, 2.05) is 20.9 Å². The molecule has 0 spiro atoms. The Morgan fingerprint density at radius 1 is 1.33 bits per heavy atom. The molecule has 0 bridgehead atoms. The van der Waals surface area contributed by atoms with Gasteiger partial charge in [0.05, 0.1) is 17.0 Å². The van der Waals surface area contributed by atoms with Gasteiger partial charge in [-0.3, -0.25) is 9.69 Å². The van der Waals surface area contributed by atoms with Gasteiger partial charge in [0.15, 0.2) is 9.84 Å². The molecule has 1 amide bonds. The van der Waals surface area contributed by atoms with E-state index in [0.29, 0.717) is 12.8 Å². The van der Waals surface area contributed by atoms with Crippen LogP contribution in [0.2, 0.25) is 0 Å². The molecule has 1 saturated carbocycles. The summed E-state index contributed by atoms with van der Waals surface area (Å²) >= 11 is 0. The predicted octanol–water partition coefficient (Wildman–Crippen LogP) is -0.120. The van der Waals surface area contributed by atoms with E-state index >= 15 is 0 Å². The van der Waals surface area contributed by atoms with Crippen molar-refractivity contribution in [3.8, 4) is 0 Å². The van der Waals surface area contributed by atoms with Crippen LogP contribution in [0.5, 0.6) is 0 Å². The quantitative estimate of drug-likeness (QED) is 0.737. The third-order valence-electron chi connectivity index (χ3n) is 4.89. The summed E-state index contributed by atoms with van der Waals surface area (Å²) in [5, 5.41) is 3.33. The molecule has 0 aromatic carbocycles. The maximum atomic E-state index is 11.9. The smallest absolute Gasteiger partial charge is 0.237 e. The van der Waals surface area contributed by atoms with Crippen molar-refractivity contribution in [2.45, 2.75) is 63.2 Å². The lowest BCUT2D eigenvalue weighted by Crippen LogP contribution is -2.57.